The van der Waals surface area contributed by atoms with Crippen molar-refractivity contribution >= 4 is 5.97 Å². The third-order valence-electron chi connectivity index (χ3n) is 4.55. The van der Waals surface area contributed by atoms with Crippen LogP contribution in [0.15, 0.2) is 23.8 Å². The summed E-state index contributed by atoms with van der Waals surface area (Å²) < 4.78 is 10.6. The molecule has 1 rings (SSSR count). The summed E-state index contributed by atoms with van der Waals surface area (Å²) in [6, 6.07) is 0. The Balaban J connectivity index is 2.54. The molecule has 1 fully saturated rings. The van der Waals surface area contributed by atoms with Crippen molar-refractivity contribution in [3.63, 3.8) is 0 Å². The predicted octanol–water partition coefficient (Wildman–Crippen LogP) is 1.59. The highest BCUT2D eigenvalue weighted by atomic mass is 16.5. The van der Waals surface area contributed by atoms with Gasteiger partial charge in [0.15, 0.2) is 0 Å². The molecule has 25 heavy (non-hydrogen) atoms. The lowest BCUT2D eigenvalue weighted by Gasteiger charge is -2.37. The van der Waals surface area contributed by atoms with Crippen LogP contribution in [0.3, 0.4) is 0 Å². The Labute approximate surface area is 150 Å². The van der Waals surface area contributed by atoms with Crippen molar-refractivity contribution in [1.29, 1.82) is 0 Å². The smallest absolute Gasteiger partial charge is 0.330 e. The van der Waals surface area contributed by atoms with Crippen molar-refractivity contribution in [3.05, 3.63) is 23.8 Å². The molecule has 0 radical (unpaired) electrons. The van der Waals surface area contributed by atoms with Gasteiger partial charge in [0, 0.05) is 12.0 Å². The molecule has 0 unspecified atom stereocenters. The van der Waals surface area contributed by atoms with E-state index in [9.17, 15) is 20.1 Å². The number of allylic oxidation sites excluding steroid dienone is 1. The maximum absolute atomic E-state index is 11.4. The van der Waals surface area contributed by atoms with Crippen LogP contribution in [0.1, 0.15) is 40.5 Å². The molecule has 0 aliphatic carbocycles. The molecular weight excluding hydrogens is 324 g/mol. The molecular formula is C19H32O6. The zero-order valence-corrected chi connectivity index (χ0v) is 15.6. The lowest BCUT2D eigenvalue weighted by molar-refractivity contribution is -0.162. The van der Waals surface area contributed by atoms with E-state index in [1.165, 1.54) is 6.08 Å². The van der Waals surface area contributed by atoms with Gasteiger partial charge >= 0.3 is 5.97 Å². The summed E-state index contributed by atoms with van der Waals surface area (Å²) in [5, 5.41) is 30.1. The fourth-order valence-electron chi connectivity index (χ4n) is 2.72. The molecule has 1 aliphatic rings. The molecule has 0 aromatic carbocycles. The minimum Gasteiger partial charge on any atom is -0.463 e. The topological polar surface area (TPSA) is 96.2 Å². The van der Waals surface area contributed by atoms with Crippen LogP contribution in [0.2, 0.25) is 0 Å². The number of carbonyl (C=O) groups is 1. The first kappa shape index (κ1) is 21.8. The minimum atomic E-state index is -1.01. The summed E-state index contributed by atoms with van der Waals surface area (Å²) in [5.74, 6) is -0.575. The molecule has 1 heterocycles. The Morgan fingerprint density at radius 2 is 2.00 bits per heavy atom. The second kappa shape index (κ2) is 10.7. The van der Waals surface area contributed by atoms with Crippen molar-refractivity contribution in [2.24, 2.45) is 11.8 Å². The molecule has 0 bridgehead atoms. The van der Waals surface area contributed by atoms with Gasteiger partial charge in [-0.1, -0.05) is 24.6 Å². The zero-order valence-electron chi connectivity index (χ0n) is 15.6. The predicted molar refractivity (Wildman–Crippen MR) is 94.9 cm³/mol. The van der Waals surface area contributed by atoms with Gasteiger partial charge in [0.25, 0.3) is 0 Å². The van der Waals surface area contributed by atoms with E-state index >= 15 is 0 Å². The van der Waals surface area contributed by atoms with Crippen LogP contribution in [-0.2, 0) is 14.3 Å². The summed E-state index contributed by atoms with van der Waals surface area (Å²) >= 11 is 0. The third-order valence-corrected chi connectivity index (χ3v) is 4.55. The van der Waals surface area contributed by atoms with Crippen molar-refractivity contribution in [1.82, 2.24) is 0 Å². The number of hydrogen-bond acceptors (Lipinski definition) is 6. The van der Waals surface area contributed by atoms with Crippen molar-refractivity contribution in [2.45, 2.75) is 65.0 Å². The summed E-state index contributed by atoms with van der Waals surface area (Å²) in [4.78, 5) is 11.4. The van der Waals surface area contributed by atoms with E-state index in [1.54, 1.807) is 20.8 Å². The van der Waals surface area contributed by atoms with Gasteiger partial charge in [-0.3, -0.25) is 0 Å². The highest BCUT2D eigenvalue weighted by molar-refractivity contribution is 5.82. The monoisotopic (exact) mass is 356 g/mol. The van der Waals surface area contributed by atoms with Crippen molar-refractivity contribution < 1.29 is 29.6 Å². The second-order valence-corrected chi connectivity index (χ2v) is 6.82. The Morgan fingerprint density at radius 1 is 1.32 bits per heavy atom. The Bertz CT molecular complexity index is 471. The molecule has 0 aromatic rings. The molecule has 6 nitrogen and oxygen atoms in total. The quantitative estimate of drug-likeness (QED) is 0.347. The van der Waals surface area contributed by atoms with Gasteiger partial charge in [-0.05, 0) is 39.5 Å². The summed E-state index contributed by atoms with van der Waals surface area (Å²) in [6.07, 6.45) is 3.27. The zero-order chi connectivity index (χ0) is 19.0. The summed E-state index contributed by atoms with van der Waals surface area (Å²) in [6.45, 7) is 7.80. The molecule has 0 amide bonds. The fourth-order valence-corrected chi connectivity index (χ4v) is 2.72. The van der Waals surface area contributed by atoms with Crippen LogP contribution >= 0.6 is 0 Å². The van der Waals surface area contributed by atoms with E-state index < -0.39 is 30.4 Å². The normalized spacial score (nSPS) is 30.3. The largest absolute Gasteiger partial charge is 0.463 e. The SMILES string of the molecule is CCOC(=O)/C=C(\C)C[C@@H]1OC[C@H](C/C=C\[C@@H](C)[C@H](C)O)[C@@H](O)[C@H]1O. The highest BCUT2D eigenvalue weighted by Crippen LogP contribution is 2.27. The molecule has 0 spiro atoms. The van der Waals surface area contributed by atoms with E-state index in [-0.39, 0.29) is 11.8 Å². The molecule has 3 N–H and O–H groups in total. The molecule has 6 atom stereocenters. The van der Waals surface area contributed by atoms with E-state index in [1.807, 2.05) is 19.1 Å². The van der Waals surface area contributed by atoms with Crippen molar-refractivity contribution in [2.75, 3.05) is 13.2 Å². The Morgan fingerprint density at radius 3 is 2.60 bits per heavy atom. The van der Waals surface area contributed by atoms with E-state index in [0.717, 1.165) is 5.57 Å². The van der Waals surface area contributed by atoms with Gasteiger partial charge in [0.2, 0.25) is 0 Å². The summed E-state index contributed by atoms with van der Waals surface area (Å²) in [5.41, 5.74) is 0.735. The lowest BCUT2D eigenvalue weighted by atomic mass is 9.87. The maximum Gasteiger partial charge on any atom is 0.330 e. The molecule has 144 valence electrons. The van der Waals surface area contributed by atoms with Crippen LogP contribution in [0.5, 0.6) is 0 Å². The molecule has 0 saturated carbocycles. The number of hydrogen-bond donors (Lipinski definition) is 3. The summed E-state index contributed by atoms with van der Waals surface area (Å²) in [7, 11) is 0. The molecule has 1 aliphatic heterocycles. The van der Waals surface area contributed by atoms with E-state index in [2.05, 4.69) is 0 Å². The standard InChI is InChI=1S/C19H32O6/c1-5-24-17(21)10-12(2)9-16-19(23)18(22)15(11-25-16)8-6-7-13(3)14(4)20/h6-7,10,13-16,18-20,22-23H,5,8-9,11H2,1-4H3/b7-6-,12-10+/t13-,14+,15+,16+,18-,19+/m1/s1. The van der Waals surface area contributed by atoms with Crippen LogP contribution < -0.4 is 0 Å². The molecule has 0 aromatic heterocycles. The molecule has 1 saturated heterocycles. The third kappa shape index (κ3) is 7.28. The number of aliphatic hydroxyl groups excluding tert-OH is 3. The van der Waals surface area contributed by atoms with Gasteiger partial charge < -0.3 is 24.8 Å². The van der Waals surface area contributed by atoms with E-state index in [4.69, 9.17) is 9.47 Å². The second-order valence-electron chi connectivity index (χ2n) is 6.82. The average molecular weight is 356 g/mol. The molecule has 6 heteroatoms. The average Bonchev–Trinajstić information content (AvgIpc) is 2.53. The Hall–Kier alpha value is -1.21. The first-order chi connectivity index (χ1) is 11.8. The number of rotatable bonds is 8. The first-order valence-electron chi connectivity index (χ1n) is 8.92. The highest BCUT2D eigenvalue weighted by Gasteiger charge is 2.37. The number of esters is 1. The number of aliphatic hydroxyl groups is 3. The van der Waals surface area contributed by atoms with Crippen LogP contribution in [0, 0.1) is 11.8 Å². The minimum absolute atomic E-state index is 0.0370. The Kier molecular flexibility index (Phi) is 9.35. The van der Waals surface area contributed by atoms with Gasteiger partial charge in [-0.15, -0.1) is 0 Å². The van der Waals surface area contributed by atoms with E-state index in [0.29, 0.717) is 26.1 Å². The first-order valence-corrected chi connectivity index (χ1v) is 8.92. The number of carbonyl (C=O) groups excluding carboxylic acids is 1. The lowest BCUT2D eigenvalue weighted by Crippen LogP contribution is -2.50. The fraction of sp³-hybridized carbons (Fsp3) is 0.737. The van der Waals surface area contributed by atoms with Crippen LogP contribution in [0.4, 0.5) is 0 Å². The van der Waals surface area contributed by atoms with Crippen molar-refractivity contribution in [3.8, 4) is 0 Å². The van der Waals surface area contributed by atoms with Gasteiger partial charge in [-0.25, -0.2) is 4.79 Å². The maximum atomic E-state index is 11.4. The number of ether oxygens (including phenoxy) is 2. The van der Waals surface area contributed by atoms with Crippen LogP contribution in [-0.4, -0.2) is 58.9 Å². The van der Waals surface area contributed by atoms with Gasteiger partial charge in [0.1, 0.15) is 6.10 Å². The van der Waals surface area contributed by atoms with Crippen LogP contribution in [0.25, 0.3) is 0 Å². The van der Waals surface area contributed by atoms with Gasteiger partial charge in [0.05, 0.1) is 31.5 Å². The van der Waals surface area contributed by atoms with Gasteiger partial charge in [-0.2, -0.15) is 0 Å².